The molecule has 0 aromatic heterocycles. The summed E-state index contributed by atoms with van der Waals surface area (Å²) in [5, 5.41) is 0. The molecular formula is C11H26Si. The first-order valence-corrected chi connectivity index (χ1v) is 8.60. The summed E-state index contributed by atoms with van der Waals surface area (Å²) < 4.78 is 0. The first-order valence-electron chi connectivity index (χ1n) is 5.81. The average molecular weight is 186 g/mol. The highest BCUT2D eigenvalue weighted by Crippen LogP contribution is 2.11. The van der Waals surface area contributed by atoms with E-state index < -0.39 is 0 Å². The largest absolute Gasteiger partial charge is 0.0720 e. The van der Waals surface area contributed by atoms with E-state index >= 15 is 0 Å². The van der Waals surface area contributed by atoms with Gasteiger partial charge >= 0.3 is 0 Å². The van der Waals surface area contributed by atoms with Gasteiger partial charge in [-0.2, -0.15) is 0 Å². The number of hydrogen-bond donors (Lipinski definition) is 0. The highest BCUT2D eigenvalue weighted by atomic mass is 28.3. The van der Waals surface area contributed by atoms with E-state index in [1.165, 1.54) is 38.5 Å². The summed E-state index contributed by atoms with van der Waals surface area (Å²) in [5.74, 6) is 0. The third-order valence-electron chi connectivity index (χ3n) is 2.60. The second kappa shape index (κ2) is 9.31. The summed E-state index contributed by atoms with van der Waals surface area (Å²) in [6.07, 6.45) is 8.72. The molecule has 0 aliphatic carbocycles. The van der Waals surface area contributed by atoms with Crippen molar-refractivity contribution < 1.29 is 0 Å². The number of unbranched alkanes of at least 4 members (excludes halogenated alkanes) is 4. The highest BCUT2D eigenvalue weighted by molar-refractivity contribution is 6.57. The van der Waals surface area contributed by atoms with Gasteiger partial charge in [0.25, 0.3) is 0 Å². The van der Waals surface area contributed by atoms with Crippen molar-refractivity contribution in [2.75, 3.05) is 0 Å². The summed E-state index contributed by atoms with van der Waals surface area (Å²) >= 11 is 0. The van der Waals surface area contributed by atoms with Crippen LogP contribution in [0.2, 0.25) is 18.6 Å². The molecule has 0 fully saturated rings. The smallest absolute Gasteiger partial charge is 0.0336 e. The number of rotatable bonds is 8. The molecule has 0 amide bonds. The molecule has 0 bridgehead atoms. The first kappa shape index (κ1) is 12.2. The average Bonchev–Trinajstić information content (AvgIpc) is 2.06. The maximum absolute atomic E-state index is 2.55. The van der Waals surface area contributed by atoms with Crippen LogP contribution in [0.3, 0.4) is 0 Å². The summed E-state index contributed by atoms with van der Waals surface area (Å²) in [7, 11) is -0.265. The molecule has 0 aromatic carbocycles. The Morgan fingerprint density at radius 1 is 0.750 bits per heavy atom. The van der Waals surface area contributed by atoms with E-state index in [9.17, 15) is 0 Å². The van der Waals surface area contributed by atoms with Crippen LogP contribution >= 0.6 is 0 Å². The predicted molar refractivity (Wildman–Crippen MR) is 61.7 cm³/mol. The first-order chi connectivity index (χ1) is 5.81. The van der Waals surface area contributed by atoms with E-state index in [1.54, 1.807) is 12.1 Å². The van der Waals surface area contributed by atoms with Crippen LogP contribution in [0.25, 0.3) is 0 Å². The van der Waals surface area contributed by atoms with Gasteiger partial charge < -0.3 is 0 Å². The van der Waals surface area contributed by atoms with E-state index in [-0.39, 0.29) is 8.80 Å². The molecular weight excluding hydrogens is 160 g/mol. The Hall–Kier alpha value is 0.217. The third kappa shape index (κ3) is 8.31. The lowest BCUT2D eigenvalue weighted by atomic mass is 10.3. The zero-order valence-electron chi connectivity index (χ0n) is 9.23. The maximum Gasteiger partial charge on any atom is 0.0336 e. The quantitative estimate of drug-likeness (QED) is 0.393. The van der Waals surface area contributed by atoms with Gasteiger partial charge in [-0.3, -0.25) is 0 Å². The lowest BCUT2D eigenvalue weighted by Crippen LogP contribution is -2.05. The summed E-state index contributed by atoms with van der Waals surface area (Å²) in [5.41, 5.74) is 0. The zero-order valence-corrected chi connectivity index (χ0v) is 10.4. The minimum atomic E-state index is -0.265. The lowest BCUT2D eigenvalue weighted by Gasteiger charge is -2.08. The molecule has 0 aliphatic heterocycles. The second-order valence-electron chi connectivity index (χ2n) is 4.10. The van der Waals surface area contributed by atoms with Gasteiger partial charge in [-0.15, -0.1) is 0 Å². The fraction of sp³-hybridized carbons (Fsp3) is 1.00. The maximum atomic E-state index is 2.55. The zero-order chi connectivity index (χ0) is 9.23. The van der Waals surface area contributed by atoms with Crippen LogP contribution in [0.5, 0.6) is 0 Å². The van der Waals surface area contributed by atoms with Crippen LogP contribution in [0.1, 0.15) is 52.4 Å². The summed E-state index contributed by atoms with van der Waals surface area (Å²) in [6, 6.07) is 3.19. The molecule has 1 heteroatoms. The van der Waals surface area contributed by atoms with E-state index in [0.29, 0.717) is 0 Å². The van der Waals surface area contributed by atoms with Crippen molar-refractivity contribution in [2.45, 2.75) is 71.0 Å². The third-order valence-corrected chi connectivity index (χ3v) is 5.39. The molecule has 0 saturated heterocycles. The van der Waals surface area contributed by atoms with E-state index in [0.717, 1.165) is 0 Å². The minimum absolute atomic E-state index is 0.265. The molecule has 0 saturated carbocycles. The van der Waals surface area contributed by atoms with Gasteiger partial charge in [-0.05, 0) is 0 Å². The van der Waals surface area contributed by atoms with Crippen molar-refractivity contribution in [3.05, 3.63) is 0 Å². The fourth-order valence-electron chi connectivity index (χ4n) is 1.63. The molecule has 0 radical (unpaired) electrons. The normalized spacial score (nSPS) is 11.0. The Morgan fingerprint density at radius 2 is 1.17 bits per heavy atom. The van der Waals surface area contributed by atoms with Gasteiger partial charge in [0.05, 0.1) is 0 Å². The molecule has 0 unspecified atom stereocenters. The molecule has 0 aromatic rings. The Balaban J connectivity index is 3.04. The van der Waals surface area contributed by atoms with Gasteiger partial charge in [-0.25, -0.2) is 0 Å². The van der Waals surface area contributed by atoms with Crippen LogP contribution in [-0.4, -0.2) is 8.80 Å². The van der Waals surface area contributed by atoms with Crippen molar-refractivity contribution in [3.63, 3.8) is 0 Å². The molecule has 12 heavy (non-hydrogen) atoms. The van der Waals surface area contributed by atoms with Crippen molar-refractivity contribution >= 4 is 8.80 Å². The van der Waals surface area contributed by atoms with E-state index in [4.69, 9.17) is 0 Å². The molecule has 0 spiro atoms. The molecule has 0 aliphatic rings. The Labute approximate surface area is 80.4 Å². The van der Waals surface area contributed by atoms with Crippen molar-refractivity contribution in [2.24, 2.45) is 0 Å². The Bertz CT molecular complexity index is 71.1. The standard InChI is InChI=1S/C11H26Si/c1-4-6-8-10-12(3)11-9-7-5-2/h12H,4-11H2,1-3H3. The van der Waals surface area contributed by atoms with Crippen LogP contribution in [0.4, 0.5) is 0 Å². The van der Waals surface area contributed by atoms with E-state index in [1.807, 2.05) is 0 Å². The van der Waals surface area contributed by atoms with Crippen molar-refractivity contribution in [1.82, 2.24) is 0 Å². The number of hydrogen-bond acceptors (Lipinski definition) is 0. The SMILES string of the molecule is CCCCC[SiH](C)CCCCC. The van der Waals surface area contributed by atoms with Gasteiger partial charge in [0.1, 0.15) is 0 Å². The van der Waals surface area contributed by atoms with Crippen LogP contribution in [0.15, 0.2) is 0 Å². The van der Waals surface area contributed by atoms with Crippen molar-refractivity contribution in [1.29, 1.82) is 0 Å². The van der Waals surface area contributed by atoms with Gasteiger partial charge in [-0.1, -0.05) is 71.0 Å². The summed E-state index contributed by atoms with van der Waals surface area (Å²) in [6.45, 7) is 7.14. The van der Waals surface area contributed by atoms with Gasteiger partial charge in [0, 0.05) is 8.80 Å². The molecule has 0 nitrogen and oxygen atoms in total. The Morgan fingerprint density at radius 3 is 1.50 bits per heavy atom. The van der Waals surface area contributed by atoms with Crippen LogP contribution < -0.4 is 0 Å². The fourth-order valence-corrected chi connectivity index (χ4v) is 3.89. The topological polar surface area (TPSA) is 0 Å². The lowest BCUT2D eigenvalue weighted by molar-refractivity contribution is 0.746. The predicted octanol–water partition coefficient (Wildman–Crippen LogP) is 4.22. The Kier molecular flexibility index (Phi) is 9.47. The van der Waals surface area contributed by atoms with E-state index in [2.05, 4.69) is 20.4 Å². The van der Waals surface area contributed by atoms with Gasteiger partial charge in [0.2, 0.25) is 0 Å². The molecule has 0 rings (SSSR count). The van der Waals surface area contributed by atoms with Crippen molar-refractivity contribution in [3.8, 4) is 0 Å². The summed E-state index contributed by atoms with van der Waals surface area (Å²) in [4.78, 5) is 0. The molecule has 0 N–H and O–H groups in total. The van der Waals surface area contributed by atoms with Gasteiger partial charge in [0.15, 0.2) is 0 Å². The minimum Gasteiger partial charge on any atom is -0.0720 e. The second-order valence-corrected chi connectivity index (χ2v) is 7.46. The monoisotopic (exact) mass is 186 g/mol. The molecule has 74 valence electrons. The van der Waals surface area contributed by atoms with Crippen LogP contribution in [-0.2, 0) is 0 Å². The molecule has 0 atom stereocenters. The molecule has 0 heterocycles. The highest BCUT2D eigenvalue weighted by Gasteiger charge is 2.02. The van der Waals surface area contributed by atoms with Crippen LogP contribution in [0, 0.1) is 0 Å².